The van der Waals surface area contributed by atoms with Crippen LogP contribution < -0.4 is 5.73 Å². The van der Waals surface area contributed by atoms with Crippen molar-refractivity contribution in [2.75, 3.05) is 7.11 Å². The maximum Gasteiger partial charge on any atom is 0.0872 e. The van der Waals surface area contributed by atoms with Crippen LogP contribution in [0.25, 0.3) is 0 Å². The molecular weight excluding hydrogens is 234 g/mol. The van der Waals surface area contributed by atoms with Gasteiger partial charge in [0.1, 0.15) is 0 Å². The van der Waals surface area contributed by atoms with Crippen molar-refractivity contribution in [2.24, 2.45) is 11.7 Å². The monoisotopic (exact) mass is 261 g/mol. The van der Waals surface area contributed by atoms with Crippen LogP contribution in [0.1, 0.15) is 56.7 Å². The van der Waals surface area contributed by atoms with Crippen molar-refractivity contribution in [3.05, 3.63) is 35.4 Å². The van der Waals surface area contributed by atoms with Crippen LogP contribution in [0.4, 0.5) is 0 Å². The van der Waals surface area contributed by atoms with Gasteiger partial charge in [-0.25, -0.2) is 0 Å². The van der Waals surface area contributed by atoms with E-state index >= 15 is 0 Å². The molecule has 1 aromatic rings. The van der Waals surface area contributed by atoms with E-state index in [1.807, 2.05) is 7.11 Å². The maximum absolute atomic E-state index is 6.54. The van der Waals surface area contributed by atoms with Crippen LogP contribution in [0.15, 0.2) is 24.3 Å². The zero-order chi connectivity index (χ0) is 13.9. The molecule has 1 aliphatic carbocycles. The summed E-state index contributed by atoms with van der Waals surface area (Å²) in [5.41, 5.74) is 8.93. The molecular formula is C17H27NO. The fourth-order valence-electron chi connectivity index (χ4n) is 3.40. The first kappa shape index (κ1) is 14.5. The molecule has 0 bridgehead atoms. The molecule has 3 atom stereocenters. The van der Waals surface area contributed by atoms with Crippen molar-refractivity contribution in [3.8, 4) is 0 Å². The van der Waals surface area contributed by atoms with E-state index in [2.05, 4.69) is 38.1 Å². The molecule has 2 N–H and O–H groups in total. The van der Waals surface area contributed by atoms with E-state index in [0.717, 1.165) is 19.3 Å². The number of benzene rings is 1. The third-order valence-corrected chi connectivity index (χ3v) is 4.71. The predicted molar refractivity (Wildman–Crippen MR) is 80.1 cm³/mol. The van der Waals surface area contributed by atoms with Crippen molar-refractivity contribution < 1.29 is 4.74 Å². The molecule has 1 saturated carbocycles. The van der Waals surface area contributed by atoms with E-state index in [4.69, 9.17) is 10.5 Å². The van der Waals surface area contributed by atoms with E-state index in [1.54, 1.807) is 0 Å². The first-order chi connectivity index (χ1) is 9.11. The summed E-state index contributed by atoms with van der Waals surface area (Å²) < 4.78 is 5.90. The Morgan fingerprint density at radius 2 is 2.05 bits per heavy atom. The summed E-state index contributed by atoms with van der Waals surface area (Å²) in [6, 6.07) is 8.69. The summed E-state index contributed by atoms with van der Waals surface area (Å²) in [6.45, 7) is 4.48. The van der Waals surface area contributed by atoms with Gasteiger partial charge in [0.05, 0.1) is 11.6 Å². The average molecular weight is 261 g/mol. The Morgan fingerprint density at radius 3 is 2.58 bits per heavy atom. The Hall–Kier alpha value is -0.860. The van der Waals surface area contributed by atoms with Crippen molar-refractivity contribution in [2.45, 2.75) is 57.6 Å². The van der Waals surface area contributed by atoms with E-state index in [9.17, 15) is 0 Å². The van der Waals surface area contributed by atoms with Gasteiger partial charge in [-0.3, -0.25) is 0 Å². The molecule has 1 aliphatic rings. The Balaban J connectivity index is 2.21. The van der Waals surface area contributed by atoms with Crippen LogP contribution in [0, 0.1) is 5.92 Å². The topological polar surface area (TPSA) is 35.2 Å². The van der Waals surface area contributed by atoms with Crippen molar-refractivity contribution in [1.82, 2.24) is 0 Å². The molecule has 3 unspecified atom stereocenters. The number of rotatable bonds is 4. The van der Waals surface area contributed by atoms with E-state index in [0.29, 0.717) is 5.92 Å². The number of methoxy groups -OCH3 is 1. The van der Waals surface area contributed by atoms with Crippen LogP contribution in [0.2, 0.25) is 0 Å². The molecule has 1 fully saturated rings. The first-order valence-electron chi connectivity index (χ1n) is 7.51. The molecule has 0 amide bonds. The van der Waals surface area contributed by atoms with Gasteiger partial charge in [0.25, 0.3) is 0 Å². The first-order valence-corrected chi connectivity index (χ1v) is 7.51. The van der Waals surface area contributed by atoms with Crippen LogP contribution in [0.3, 0.4) is 0 Å². The smallest absolute Gasteiger partial charge is 0.0872 e. The highest BCUT2D eigenvalue weighted by atomic mass is 16.5. The van der Waals surface area contributed by atoms with Gasteiger partial charge >= 0.3 is 0 Å². The van der Waals surface area contributed by atoms with Crippen LogP contribution in [-0.4, -0.2) is 12.7 Å². The zero-order valence-corrected chi connectivity index (χ0v) is 12.5. The molecule has 0 heterocycles. The molecule has 106 valence electrons. The summed E-state index contributed by atoms with van der Waals surface area (Å²) in [5.74, 6) is 0.703. The Bertz CT molecular complexity index is 400. The van der Waals surface area contributed by atoms with Crippen molar-refractivity contribution >= 4 is 0 Å². The Morgan fingerprint density at radius 1 is 1.37 bits per heavy atom. The van der Waals surface area contributed by atoms with Crippen molar-refractivity contribution in [1.29, 1.82) is 0 Å². The van der Waals surface area contributed by atoms with Gasteiger partial charge in [0, 0.05) is 7.11 Å². The minimum atomic E-state index is -0.175. The lowest BCUT2D eigenvalue weighted by atomic mass is 9.73. The van der Waals surface area contributed by atoms with Gasteiger partial charge < -0.3 is 10.5 Å². The standard InChI is InChI=1S/C17H27NO/c1-4-14-7-9-15(10-8-14)16(18)17(19-3)11-5-6-13(2)12-17/h7-10,13,16H,4-6,11-12,18H2,1-3H3. The molecule has 2 heteroatoms. The van der Waals surface area contributed by atoms with Crippen LogP contribution >= 0.6 is 0 Å². The number of aryl methyl sites for hydroxylation is 1. The zero-order valence-electron chi connectivity index (χ0n) is 12.5. The predicted octanol–water partition coefficient (Wildman–Crippen LogP) is 3.84. The molecule has 1 aromatic carbocycles. The summed E-state index contributed by atoms with van der Waals surface area (Å²) in [4.78, 5) is 0. The van der Waals surface area contributed by atoms with Gasteiger partial charge in [0.15, 0.2) is 0 Å². The molecule has 2 rings (SSSR count). The van der Waals surface area contributed by atoms with Gasteiger partial charge in [0.2, 0.25) is 0 Å². The highest BCUT2D eigenvalue weighted by Gasteiger charge is 2.41. The number of hydrogen-bond donors (Lipinski definition) is 1. The van der Waals surface area contributed by atoms with Gasteiger partial charge in [-0.1, -0.05) is 51.0 Å². The number of nitrogens with two attached hydrogens (primary N) is 1. The van der Waals surface area contributed by atoms with E-state index in [-0.39, 0.29) is 11.6 Å². The van der Waals surface area contributed by atoms with Gasteiger partial charge in [-0.05, 0) is 36.3 Å². The SMILES string of the molecule is CCc1ccc(C(N)C2(OC)CCCC(C)C2)cc1. The van der Waals surface area contributed by atoms with E-state index in [1.165, 1.54) is 24.0 Å². The second-order valence-electron chi connectivity index (χ2n) is 6.04. The Kier molecular flexibility index (Phi) is 4.64. The minimum Gasteiger partial charge on any atom is -0.376 e. The third-order valence-electron chi connectivity index (χ3n) is 4.71. The molecule has 0 radical (unpaired) electrons. The summed E-state index contributed by atoms with van der Waals surface area (Å²) in [7, 11) is 1.82. The molecule has 0 aliphatic heterocycles. The summed E-state index contributed by atoms with van der Waals surface area (Å²) in [6.07, 6.45) is 5.73. The van der Waals surface area contributed by atoms with Gasteiger partial charge in [-0.2, -0.15) is 0 Å². The highest BCUT2D eigenvalue weighted by Crippen LogP contribution is 2.42. The molecule has 0 aromatic heterocycles. The fourth-order valence-corrected chi connectivity index (χ4v) is 3.40. The average Bonchev–Trinajstić information content (AvgIpc) is 2.46. The maximum atomic E-state index is 6.54. The molecule has 0 spiro atoms. The molecule has 2 nitrogen and oxygen atoms in total. The normalized spacial score (nSPS) is 29.2. The second-order valence-corrected chi connectivity index (χ2v) is 6.04. The Labute approximate surface area is 117 Å². The minimum absolute atomic E-state index is 0.0221. The van der Waals surface area contributed by atoms with Crippen LogP contribution in [-0.2, 0) is 11.2 Å². The summed E-state index contributed by atoms with van der Waals surface area (Å²) >= 11 is 0. The third kappa shape index (κ3) is 3.01. The highest BCUT2D eigenvalue weighted by molar-refractivity contribution is 5.27. The molecule has 19 heavy (non-hydrogen) atoms. The lowest BCUT2D eigenvalue weighted by Crippen LogP contribution is -2.46. The fraction of sp³-hybridized carbons (Fsp3) is 0.647. The number of hydrogen-bond acceptors (Lipinski definition) is 2. The lowest BCUT2D eigenvalue weighted by molar-refractivity contribution is -0.0718. The quantitative estimate of drug-likeness (QED) is 0.893. The van der Waals surface area contributed by atoms with Crippen molar-refractivity contribution in [3.63, 3.8) is 0 Å². The lowest BCUT2D eigenvalue weighted by Gasteiger charge is -2.43. The summed E-state index contributed by atoms with van der Waals surface area (Å²) in [5, 5.41) is 0. The molecule has 0 saturated heterocycles. The van der Waals surface area contributed by atoms with Gasteiger partial charge in [-0.15, -0.1) is 0 Å². The number of ether oxygens (including phenoxy) is 1. The largest absolute Gasteiger partial charge is 0.376 e. The van der Waals surface area contributed by atoms with Crippen LogP contribution in [0.5, 0.6) is 0 Å². The van der Waals surface area contributed by atoms with E-state index < -0.39 is 0 Å². The second kappa shape index (κ2) is 6.06.